The lowest BCUT2D eigenvalue weighted by Crippen LogP contribution is -2.44. The summed E-state index contributed by atoms with van der Waals surface area (Å²) in [5, 5.41) is 0. The summed E-state index contributed by atoms with van der Waals surface area (Å²) in [5.41, 5.74) is -1.47. The molecule has 5 aliphatic heterocycles. The summed E-state index contributed by atoms with van der Waals surface area (Å²) < 4.78 is 9.66. The Balaban J connectivity index is 2.18. The fourth-order valence-corrected chi connectivity index (χ4v) is 3.36. The molecule has 1 spiro atoms. The van der Waals surface area contributed by atoms with Crippen molar-refractivity contribution < 1.29 is 28.7 Å². The molecule has 3 bridgehead atoms. The first-order valence-electron chi connectivity index (χ1n) is 6.57. The van der Waals surface area contributed by atoms with Gasteiger partial charge in [-0.25, -0.2) is 0 Å². The van der Waals surface area contributed by atoms with E-state index in [4.69, 9.17) is 9.47 Å². The predicted molar refractivity (Wildman–Crippen MR) is 59.3 cm³/mol. The maximum Gasteiger partial charge on any atom is 0.331 e. The predicted octanol–water partition coefficient (Wildman–Crippen LogP) is 0.726. The third kappa shape index (κ3) is 1.69. The van der Waals surface area contributed by atoms with Crippen molar-refractivity contribution in [2.45, 2.75) is 38.5 Å². The highest BCUT2D eigenvalue weighted by atomic mass is 16.6. The molecule has 0 amide bonds. The quantitative estimate of drug-likeness (QED) is 0.474. The van der Waals surface area contributed by atoms with Crippen molar-refractivity contribution in [1.82, 2.24) is 0 Å². The van der Waals surface area contributed by atoms with Crippen molar-refractivity contribution in [2.75, 3.05) is 0 Å². The zero-order chi connectivity index (χ0) is 13.6. The molecule has 6 rings (SSSR count). The molecule has 6 aliphatic rings. The number of carbonyl (C=O) groups is 4. The number of rotatable bonds is 0. The minimum atomic E-state index is -1.47. The Hall–Kier alpha value is -1.72. The Morgan fingerprint density at radius 2 is 1.21 bits per heavy atom. The summed E-state index contributed by atoms with van der Waals surface area (Å²) in [7, 11) is 0. The molecule has 102 valence electrons. The average molecular weight is 266 g/mol. The average Bonchev–Trinajstić information content (AvgIpc) is 2.50. The van der Waals surface area contributed by atoms with E-state index >= 15 is 0 Å². The van der Waals surface area contributed by atoms with Crippen molar-refractivity contribution in [3.05, 3.63) is 0 Å². The van der Waals surface area contributed by atoms with Crippen LogP contribution in [-0.4, -0.2) is 23.9 Å². The van der Waals surface area contributed by atoms with Crippen molar-refractivity contribution in [3.8, 4) is 0 Å². The minimum absolute atomic E-state index is 0.286. The lowest BCUT2D eigenvalue weighted by Gasteiger charge is -2.28. The van der Waals surface area contributed by atoms with Gasteiger partial charge in [0.05, 0.1) is 11.8 Å². The topological polar surface area (TPSA) is 86.7 Å². The van der Waals surface area contributed by atoms with Gasteiger partial charge in [-0.15, -0.1) is 0 Å². The molecule has 0 aromatic rings. The van der Waals surface area contributed by atoms with Crippen molar-refractivity contribution in [1.29, 1.82) is 0 Å². The van der Waals surface area contributed by atoms with E-state index in [1.165, 1.54) is 0 Å². The molecule has 0 N–H and O–H groups in total. The number of hydrogen-bond acceptors (Lipinski definition) is 6. The molecule has 1 aliphatic carbocycles. The largest absolute Gasteiger partial charge is 0.392 e. The maximum absolute atomic E-state index is 12.1. The molecule has 5 heterocycles. The summed E-state index contributed by atoms with van der Waals surface area (Å²) in [6.07, 6.45) is 2.58. The third-order valence-electron chi connectivity index (χ3n) is 4.50. The van der Waals surface area contributed by atoms with Crippen LogP contribution in [0.3, 0.4) is 0 Å². The second kappa shape index (κ2) is 4.15. The monoisotopic (exact) mass is 266 g/mol. The molecule has 6 fully saturated rings. The van der Waals surface area contributed by atoms with Gasteiger partial charge in [0.2, 0.25) is 0 Å². The van der Waals surface area contributed by atoms with Gasteiger partial charge < -0.3 is 9.47 Å². The van der Waals surface area contributed by atoms with Crippen LogP contribution in [0.15, 0.2) is 0 Å². The van der Waals surface area contributed by atoms with Crippen LogP contribution in [0.4, 0.5) is 0 Å². The molecule has 2 unspecified atom stereocenters. The Kier molecular flexibility index (Phi) is 2.69. The van der Waals surface area contributed by atoms with E-state index in [1.54, 1.807) is 0 Å². The minimum Gasteiger partial charge on any atom is -0.392 e. The normalized spacial score (nSPS) is 38.7. The van der Waals surface area contributed by atoms with E-state index in [-0.39, 0.29) is 12.8 Å². The highest BCUT2D eigenvalue weighted by Crippen LogP contribution is 2.44. The van der Waals surface area contributed by atoms with Gasteiger partial charge in [-0.1, -0.05) is 12.8 Å². The summed E-state index contributed by atoms with van der Waals surface area (Å²) >= 11 is 0. The Morgan fingerprint density at radius 3 is 1.63 bits per heavy atom. The molecule has 1 saturated carbocycles. The van der Waals surface area contributed by atoms with E-state index in [9.17, 15) is 19.2 Å². The molecular weight excluding hydrogens is 252 g/mol. The number of esters is 4. The molecule has 5 saturated heterocycles. The highest BCUT2D eigenvalue weighted by molar-refractivity contribution is 6.08. The van der Waals surface area contributed by atoms with Crippen LogP contribution in [0.25, 0.3) is 0 Å². The second-order valence-corrected chi connectivity index (χ2v) is 5.50. The Labute approximate surface area is 109 Å². The van der Waals surface area contributed by atoms with Crippen LogP contribution in [0.2, 0.25) is 0 Å². The smallest absolute Gasteiger partial charge is 0.331 e. The van der Waals surface area contributed by atoms with Crippen LogP contribution in [0, 0.1) is 17.3 Å². The molecule has 2 atom stereocenters. The highest BCUT2D eigenvalue weighted by Gasteiger charge is 2.56. The lowest BCUT2D eigenvalue weighted by molar-refractivity contribution is -0.179. The summed E-state index contributed by atoms with van der Waals surface area (Å²) in [6, 6.07) is 0. The van der Waals surface area contributed by atoms with Crippen molar-refractivity contribution in [3.63, 3.8) is 0 Å². The standard InChI is InChI=1S/C13H14O6/c14-9-7-3-1-5-13(11(16)18-9)6-2-4-8(7)10(15)19-12(13)17/h7-8H,1-6H2. The second-order valence-electron chi connectivity index (χ2n) is 5.50. The van der Waals surface area contributed by atoms with Gasteiger partial charge in [0.1, 0.15) is 0 Å². The zero-order valence-electron chi connectivity index (χ0n) is 10.3. The number of ether oxygens (including phenoxy) is 2. The summed E-state index contributed by atoms with van der Waals surface area (Å²) in [5.74, 6) is -4.40. The van der Waals surface area contributed by atoms with E-state index in [2.05, 4.69) is 0 Å². The van der Waals surface area contributed by atoms with Gasteiger partial charge in [-0.05, 0) is 25.7 Å². The van der Waals surface area contributed by atoms with Crippen LogP contribution in [0.5, 0.6) is 0 Å². The van der Waals surface area contributed by atoms with Gasteiger partial charge in [-0.2, -0.15) is 0 Å². The van der Waals surface area contributed by atoms with Gasteiger partial charge in [0, 0.05) is 0 Å². The molecule has 0 aromatic carbocycles. The zero-order valence-corrected chi connectivity index (χ0v) is 10.3. The van der Waals surface area contributed by atoms with E-state index in [0.717, 1.165) is 0 Å². The van der Waals surface area contributed by atoms with Crippen LogP contribution in [0.1, 0.15) is 38.5 Å². The molecular formula is C13H14O6. The van der Waals surface area contributed by atoms with Crippen molar-refractivity contribution in [2.24, 2.45) is 17.3 Å². The SMILES string of the molecule is O=C1OC(=O)C23CCCC1C(CCC2)C(=O)OC3=O. The van der Waals surface area contributed by atoms with Gasteiger partial charge in [0.25, 0.3) is 0 Å². The Morgan fingerprint density at radius 1 is 0.789 bits per heavy atom. The molecule has 0 radical (unpaired) electrons. The van der Waals surface area contributed by atoms with Gasteiger partial charge in [-0.3, -0.25) is 19.2 Å². The fraction of sp³-hybridized carbons (Fsp3) is 0.692. The van der Waals surface area contributed by atoms with Gasteiger partial charge in [0.15, 0.2) is 5.41 Å². The van der Waals surface area contributed by atoms with Crippen molar-refractivity contribution >= 4 is 23.9 Å². The number of carbonyl (C=O) groups excluding carboxylic acids is 4. The maximum atomic E-state index is 12.1. The van der Waals surface area contributed by atoms with Crippen LogP contribution < -0.4 is 0 Å². The number of hydrogen-bond donors (Lipinski definition) is 0. The molecule has 6 heteroatoms. The van der Waals surface area contributed by atoms with Crippen LogP contribution in [-0.2, 0) is 28.7 Å². The molecule has 19 heavy (non-hydrogen) atoms. The molecule has 6 nitrogen and oxygen atoms in total. The first-order valence-corrected chi connectivity index (χ1v) is 6.57. The summed E-state index contributed by atoms with van der Waals surface area (Å²) in [4.78, 5) is 48.2. The van der Waals surface area contributed by atoms with E-state index in [1.807, 2.05) is 0 Å². The first kappa shape index (κ1) is 12.3. The van der Waals surface area contributed by atoms with Gasteiger partial charge >= 0.3 is 23.9 Å². The Bertz CT molecular complexity index is 436. The third-order valence-corrected chi connectivity index (χ3v) is 4.50. The van der Waals surface area contributed by atoms with E-state index < -0.39 is 41.1 Å². The van der Waals surface area contributed by atoms with E-state index in [0.29, 0.717) is 25.7 Å². The first-order chi connectivity index (χ1) is 9.04. The van der Waals surface area contributed by atoms with Crippen LogP contribution >= 0.6 is 0 Å². The fourth-order valence-electron chi connectivity index (χ4n) is 3.36. The summed E-state index contributed by atoms with van der Waals surface area (Å²) in [6.45, 7) is 0. The lowest BCUT2D eigenvalue weighted by atomic mass is 9.78. The molecule has 0 aromatic heterocycles.